The molecule has 15 heavy (non-hydrogen) atoms. The normalized spacial score (nSPS) is 10.5. The fourth-order valence-electron chi connectivity index (χ4n) is 1.28. The van der Waals surface area contributed by atoms with Crippen LogP contribution in [0.15, 0.2) is 16.6 Å². The fraction of sp³-hybridized carbons (Fsp3) is 0.300. The van der Waals surface area contributed by atoms with Crippen LogP contribution in [0.5, 0.6) is 5.75 Å². The number of carbonyl (C=O) groups is 1. The molecule has 0 radical (unpaired) electrons. The maximum atomic E-state index is 12.7. The van der Waals surface area contributed by atoms with Gasteiger partial charge in [0, 0.05) is 10.0 Å². The Morgan fingerprint density at radius 2 is 2.07 bits per heavy atom. The zero-order valence-corrected chi connectivity index (χ0v) is 9.77. The number of Topliss-reactive ketones (excluding diaryl/α,β-unsaturated/α-hetero) is 1. The van der Waals surface area contributed by atoms with Gasteiger partial charge in [-0.3, -0.25) is 4.79 Å². The molecule has 82 valence electrons. The molecule has 0 unspecified atom stereocenters. The molecule has 0 saturated carbocycles. The number of halogens is 3. The van der Waals surface area contributed by atoms with E-state index >= 15 is 0 Å². The predicted molar refractivity (Wildman–Crippen MR) is 55.7 cm³/mol. The highest BCUT2D eigenvalue weighted by Gasteiger charge is 2.21. The van der Waals surface area contributed by atoms with Gasteiger partial charge in [-0.05, 0) is 19.1 Å². The number of carbonyl (C=O) groups excluding carboxylic acids is 1. The van der Waals surface area contributed by atoms with Crippen molar-refractivity contribution in [2.45, 2.75) is 13.3 Å². The van der Waals surface area contributed by atoms with Crippen LogP contribution in [-0.4, -0.2) is 12.9 Å². The highest BCUT2D eigenvalue weighted by molar-refractivity contribution is 9.10. The minimum atomic E-state index is -2.73. The van der Waals surface area contributed by atoms with Crippen LogP contribution < -0.4 is 4.74 Å². The first kappa shape index (κ1) is 12.1. The number of methoxy groups -OCH3 is 1. The topological polar surface area (TPSA) is 26.3 Å². The molecule has 1 aromatic carbocycles. The van der Waals surface area contributed by atoms with Crippen LogP contribution in [0.25, 0.3) is 0 Å². The lowest BCUT2D eigenvalue weighted by molar-refractivity contribution is 0.0996. The van der Waals surface area contributed by atoms with Gasteiger partial charge in [0.2, 0.25) is 0 Å². The van der Waals surface area contributed by atoms with Gasteiger partial charge in [0.05, 0.1) is 12.7 Å². The predicted octanol–water partition coefficient (Wildman–Crippen LogP) is 3.60. The second-order valence-corrected chi connectivity index (χ2v) is 3.84. The van der Waals surface area contributed by atoms with Gasteiger partial charge in [0.1, 0.15) is 5.75 Å². The van der Waals surface area contributed by atoms with E-state index in [0.717, 1.165) is 0 Å². The first-order valence-corrected chi connectivity index (χ1v) is 4.93. The van der Waals surface area contributed by atoms with Gasteiger partial charge in [-0.15, -0.1) is 0 Å². The van der Waals surface area contributed by atoms with Crippen molar-refractivity contribution in [3.05, 3.63) is 27.7 Å². The Hall–Kier alpha value is -0.970. The summed E-state index contributed by atoms with van der Waals surface area (Å²) in [5.41, 5.74) is -0.371. The number of rotatable bonds is 3. The van der Waals surface area contributed by atoms with E-state index in [1.165, 1.54) is 26.2 Å². The zero-order chi connectivity index (χ0) is 11.6. The average Bonchev–Trinajstić information content (AvgIpc) is 2.15. The summed E-state index contributed by atoms with van der Waals surface area (Å²) >= 11 is 3.13. The summed E-state index contributed by atoms with van der Waals surface area (Å²) < 4.78 is 30.8. The molecule has 5 heteroatoms. The summed E-state index contributed by atoms with van der Waals surface area (Å²) in [5.74, 6) is -0.394. The van der Waals surface area contributed by atoms with E-state index in [9.17, 15) is 13.6 Å². The standard InChI is InChI=1S/C10H9BrF2O2/c1-5(14)7-3-6(11)4-8(15-2)9(7)10(12)13/h3-4,10H,1-2H3. The molecule has 0 saturated heterocycles. The van der Waals surface area contributed by atoms with Crippen molar-refractivity contribution in [2.75, 3.05) is 7.11 Å². The summed E-state index contributed by atoms with van der Waals surface area (Å²) in [4.78, 5) is 11.2. The van der Waals surface area contributed by atoms with Crippen molar-refractivity contribution < 1.29 is 18.3 Å². The molecule has 0 spiro atoms. The molecule has 0 aliphatic heterocycles. The summed E-state index contributed by atoms with van der Waals surface area (Å²) in [6.07, 6.45) is -2.73. The van der Waals surface area contributed by atoms with Crippen molar-refractivity contribution in [2.24, 2.45) is 0 Å². The molecule has 0 fully saturated rings. The van der Waals surface area contributed by atoms with Crippen LogP contribution >= 0.6 is 15.9 Å². The molecule has 0 aliphatic carbocycles. The molecule has 0 amide bonds. The van der Waals surface area contributed by atoms with E-state index in [1.807, 2.05) is 0 Å². The molecule has 0 N–H and O–H groups in total. The number of ether oxygens (including phenoxy) is 1. The molecule has 0 bridgehead atoms. The van der Waals surface area contributed by atoms with Gasteiger partial charge in [-0.1, -0.05) is 15.9 Å². The summed E-state index contributed by atoms with van der Waals surface area (Å²) in [5, 5.41) is 0. The Morgan fingerprint density at radius 3 is 2.47 bits per heavy atom. The molecular formula is C10H9BrF2O2. The number of ketones is 1. The second kappa shape index (κ2) is 4.70. The van der Waals surface area contributed by atoms with Crippen LogP contribution in [0.2, 0.25) is 0 Å². The van der Waals surface area contributed by atoms with E-state index in [4.69, 9.17) is 4.74 Å². The monoisotopic (exact) mass is 278 g/mol. The molecule has 1 rings (SSSR count). The lowest BCUT2D eigenvalue weighted by Gasteiger charge is -2.12. The smallest absolute Gasteiger partial charge is 0.268 e. The number of hydrogen-bond donors (Lipinski definition) is 0. The van der Waals surface area contributed by atoms with Gasteiger partial charge >= 0.3 is 0 Å². The number of benzene rings is 1. The van der Waals surface area contributed by atoms with Crippen molar-refractivity contribution in [3.8, 4) is 5.75 Å². The van der Waals surface area contributed by atoms with Gasteiger partial charge in [0.25, 0.3) is 6.43 Å². The molecule has 0 aromatic heterocycles. The minimum Gasteiger partial charge on any atom is -0.496 e. The summed E-state index contributed by atoms with van der Waals surface area (Å²) in [6, 6.07) is 2.78. The highest BCUT2D eigenvalue weighted by Crippen LogP contribution is 2.35. The van der Waals surface area contributed by atoms with E-state index in [0.29, 0.717) is 4.47 Å². The van der Waals surface area contributed by atoms with Gasteiger partial charge in [0.15, 0.2) is 5.78 Å². The lowest BCUT2D eigenvalue weighted by atomic mass is 10.0. The maximum Gasteiger partial charge on any atom is 0.268 e. The van der Waals surface area contributed by atoms with Crippen molar-refractivity contribution in [1.29, 1.82) is 0 Å². The first-order chi connectivity index (χ1) is 6.97. The molecular weight excluding hydrogens is 270 g/mol. The third-order valence-electron chi connectivity index (χ3n) is 1.92. The first-order valence-electron chi connectivity index (χ1n) is 4.14. The number of alkyl halides is 2. The second-order valence-electron chi connectivity index (χ2n) is 2.93. The van der Waals surface area contributed by atoms with Crippen LogP contribution in [0.3, 0.4) is 0 Å². The third-order valence-corrected chi connectivity index (χ3v) is 2.38. The Bertz CT molecular complexity index is 391. The third kappa shape index (κ3) is 2.53. The summed E-state index contributed by atoms with van der Waals surface area (Å²) in [7, 11) is 1.29. The Labute approximate surface area is 94.4 Å². The molecule has 0 atom stereocenters. The molecule has 2 nitrogen and oxygen atoms in total. The van der Waals surface area contributed by atoms with Crippen molar-refractivity contribution in [1.82, 2.24) is 0 Å². The zero-order valence-electron chi connectivity index (χ0n) is 8.18. The SMILES string of the molecule is COc1cc(Br)cc(C(C)=O)c1C(F)F. The molecule has 1 aromatic rings. The minimum absolute atomic E-state index is 0.0174. The molecule has 0 aliphatic rings. The number of hydrogen-bond acceptors (Lipinski definition) is 2. The van der Waals surface area contributed by atoms with Gasteiger partial charge < -0.3 is 4.74 Å². The quantitative estimate of drug-likeness (QED) is 0.790. The average molecular weight is 279 g/mol. The Balaban J connectivity index is 3.47. The molecule has 0 heterocycles. The lowest BCUT2D eigenvalue weighted by Crippen LogP contribution is -2.03. The van der Waals surface area contributed by atoms with Crippen molar-refractivity contribution in [3.63, 3.8) is 0 Å². The van der Waals surface area contributed by atoms with Crippen LogP contribution in [-0.2, 0) is 0 Å². The van der Waals surface area contributed by atoms with E-state index < -0.39 is 12.2 Å². The maximum absolute atomic E-state index is 12.7. The van der Waals surface area contributed by atoms with E-state index in [-0.39, 0.29) is 16.9 Å². The fourth-order valence-corrected chi connectivity index (χ4v) is 1.72. The van der Waals surface area contributed by atoms with Gasteiger partial charge in [-0.2, -0.15) is 0 Å². The van der Waals surface area contributed by atoms with E-state index in [1.54, 1.807) is 0 Å². The van der Waals surface area contributed by atoms with Crippen LogP contribution in [0.4, 0.5) is 8.78 Å². The largest absolute Gasteiger partial charge is 0.496 e. The van der Waals surface area contributed by atoms with Crippen LogP contribution in [0.1, 0.15) is 29.3 Å². The Kier molecular flexibility index (Phi) is 3.79. The summed E-state index contributed by atoms with van der Waals surface area (Å²) in [6.45, 7) is 1.24. The highest BCUT2D eigenvalue weighted by atomic mass is 79.9. The van der Waals surface area contributed by atoms with Crippen molar-refractivity contribution >= 4 is 21.7 Å². The van der Waals surface area contributed by atoms with Crippen LogP contribution in [0, 0.1) is 0 Å². The Morgan fingerprint density at radius 1 is 1.47 bits per heavy atom. The van der Waals surface area contributed by atoms with E-state index in [2.05, 4.69) is 15.9 Å². The van der Waals surface area contributed by atoms with Gasteiger partial charge in [-0.25, -0.2) is 8.78 Å².